The number of carbonyl (C=O) groups excluding carboxylic acids is 2. The van der Waals surface area contributed by atoms with E-state index in [1.165, 1.54) is 12.4 Å². The topological polar surface area (TPSA) is 101 Å². The molecule has 17 heavy (non-hydrogen) atoms. The summed E-state index contributed by atoms with van der Waals surface area (Å²) in [5, 5.41) is 2.70. The fourth-order valence-electron chi connectivity index (χ4n) is 1.58. The van der Waals surface area contributed by atoms with Crippen LogP contribution in [0.3, 0.4) is 0 Å². The molecule has 1 aliphatic rings. The Morgan fingerprint density at radius 2 is 2.18 bits per heavy atom. The van der Waals surface area contributed by atoms with Gasteiger partial charge in [0.2, 0.25) is 5.91 Å². The summed E-state index contributed by atoms with van der Waals surface area (Å²) in [6, 6.07) is 0. The molecule has 0 spiro atoms. The molecule has 0 radical (unpaired) electrons. The molecule has 0 aromatic carbocycles. The number of anilines is 1. The van der Waals surface area contributed by atoms with Crippen molar-refractivity contribution in [3.63, 3.8) is 0 Å². The third-order valence-electron chi connectivity index (χ3n) is 2.49. The zero-order valence-corrected chi connectivity index (χ0v) is 9.22. The van der Waals surface area contributed by atoms with Crippen molar-refractivity contribution in [1.29, 1.82) is 0 Å². The number of aromatic nitrogens is 2. The highest BCUT2D eigenvalue weighted by Crippen LogP contribution is 2.04. The van der Waals surface area contributed by atoms with Crippen molar-refractivity contribution in [2.75, 3.05) is 25.4 Å². The van der Waals surface area contributed by atoms with Crippen molar-refractivity contribution >= 4 is 17.6 Å². The number of rotatable bonds is 1. The minimum absolute atomic E-state index is 0.0382. The van der Waals surface area contributed by atoms with E-state index in [9.17, 15) is 9.59 Å². The molecule has 0 unspecified atom stereocenters. The van der Waals surface area contributed by atoms with Gasteiger partial charge < -0.3 is 16.0 Å². The Balaban J connectivity index is 2.08. The number of nitrogens with one attached hydrogen (secondary N) is 1. The van der Waals surface area contributed by atoms with Gasteiger partial charge in [-0.3, -0.25) is 9.59 Å². The highest BCUT2D eigenvalue weighted by molar-refractivity contribution is 5.92. The molecular weight excluding hydrogens is 222 g/mol. The average molecular weight is 235 g/mol. The molecule has 0 bridgehead atoms. The molecule has 0 saturated carbocycles. The van der Waals surface area contributed by atoms with Crippen molar-refractivity contribution < 1.29 is 9.59 Å². The molecule has 3 N–H and O–H groups in total. The first-order chi connectivity index (χ1) is 8.16. The van der Waals surface area contributed by atoms with E-state index in [-0.39, 0.29) is 23.3 Å². The molecule has 1 aromatic rings. The van der Waals surface area contributed by atoms with Crippen molar-refractivity contribution in [2.45, 2.75) is 6.42 Å². The monoisotopic (exact) mass is 235 g/mol. The van der Waals surface area contributed by atoms with Gasteiger partial charge >= 0.3 is 0 Å². The van der Waals surface area contributed by atoms with Crippen molar-refractivity contribution in [3.8, 4) is 0 Å². The van der Waals surface area contributed by atoms with Crippen LogP contribution < -0.4 is 11.1 Å². The molecule has 0 aliphatic carbocycles. The number of carbonyl (C=O) groups is 2. The lowest BCUT2D eigenvalue weighted by atomic mass is 10.3. The molecule has 2 rings (SSSR count). The third kappa shape index (κ3) is 2.68. The summed E-state index contributed by atoms with van der Waals surface area (Å²) in [7, 11) is 0. The predicted molar refractivity (Wildman–Crippen MR) is 60.0 cm³/mol. The van der Waals surface area contributed by atoms with Gasteiger partial charge in [0.05, 0.1) is 12.4 Å². The second kappa shape index (κ2) is 4.77. The molecule has 7 nitrogen and oxygen atoms in total. The molecule has 0 atom stereocenters. The number of nitrogen functional groups attached to an aromatic ring is 1. The van der Waals surface area contributed by atoms with Gasteiger partial charge in [-0.05, 0) is 0 Å². The minimum atomic E-state index is -0.228. The third-order valence-corrected chi connectivity index (χ3v) is 2.49. The first kappa shape index (κ1) is 11.3. The highest BCUT2D eigenvalue weighted by Gasteiger charge is 2.20. The van der Waals surface area contributed by atoms with Crippen LogP contribution >= 0.6 is 0 Å². The van der Waals surface area contributed by atoms with Crippen LogP contribution in [-0.4, -0.2) is 46.3 Å². The maximum atomic E-state index is 12.0. The summed E-state index contributed by atoms with van der Waals surface area (Å²) in [5.41, 5.74) is 5.64. The van der Waals surface area contributed by atoms with Gasteiger partial charge in [0.1, 0.15) is 11.5 Å². The lowest BCUT2D eigenvalue weighted by Crippen LogP contribution is -2.34. The lowest BCUT2D eigenvalue weighted by molar-refractivity contribution is -0.120. The van der Waals surface area contributed by atoms with Gasteiger partial charge in [-0.25, -0.2) is 9.97 Å². The van der Waals surface area contributed by atoms with E-state index in [0.29, 0.717) is 26.1 Å². The van der Waals surface area contributed by atoms with Crippen LogP contribution in [0.5, 0.6) is 0 Å². The van der Waals surface area contributed by atoms with Crippen LogP contribution in [0.4, 0.5) is 5.82 Å². The second-order valence-electron chi connectivity index (χ2n) is 3.72. The van der Waals surface area contributed by atoms with Crippen molar-refractivity contribution in [1.82, 2.24) is 20.2 Å². The molecule has 1 saturated heterocycles. The lowest BCUT2D eigenvalue weighted by Gasteiger charge is -2.18. The van der Waals surface area contributed by atoms with Gasteiger partial charge in [-0.2, -0.15) is 0 Å². The Bertz CT molecular complexity index is 431. The van der Waals surface area contributed by atoms with E-state index in [4.69, 9.17) is 5.73 Å². The number of nitrogens with zero attached hydrogens (tertiary/aromatic N) is 3. The second-order valence-corrected chi connectivity index (χ2v) is 3.72. The van der Waals surface area contributed by atoms with E-state index < -0.39 is 0 Å². The van der Waals surface area contributed by atoms with Gasteiger partial charge in [0.25, 0.3) is 5.91 Å². The number of amides is 2. The molecular formula is C10H13N5O2. The molecule has 7 heteroatoms. The van der Waals surface area contributed by atoms with Gasteiger partial charge in [0, 0.05) is 26.1 Å². The summed E-state index contributed by atoms with van der Waals surface area (Å²) in [6.45, 7) is 1.35. The highest BCUT2D eigenvalue weighted by atomic mass is 16.2. The Hall–Kier alpha value is -2.18. The van der Waals surface area contributed by atoms with E-state index in [1.807, 2.05) is 0 Å². The fraction of sp³-hybridized carbons (Fsp3) is 0.400. The summed E-state index contributed by atoms with van der Waals surface area (Å²) >= 11 is 0. The van der Waals surface area contributed by atoms with Crippen LogP contribution in [0.1, 0.15) is 16.9 Å². The van der Waals surface area contributed by atoms with Gasteiger partial charge in [-0.15, -0.1) is 0 Å². The summed E-state index contributed by atoms with van der Waals surface area (Å²) in [6.07, 6.45) is 3.00. The normalized spacial score (nSPS) is 16.2. The van der Waals surface area contributed by atoms with E-state index in [1.54, 1.807) is 4.90 Å². The van der Waals surface area contributed by atoms with Gasteiger partial charge in [0.15, 0.2) is 0 Å². The predicted octanol–water partition coefficient (Wildman–Crippen LogP) is -0.979. The first-order valence-corrected chi connectivity index (χ1v) is 5.30. The maximum absolute atomic E-state index is 12.0. The molecule has 90 valence electrons. The zero-order chi connectivity index (χ0) is 12.3. The Kier molecular flexibility index (Phi) is 3.17. The average Bonchev–Trinajstić information content (AvgIpc) is 2.54. The number of hydrogen-bond donors (Lipinski definition) is 2. The zero-order valence-electron chi connectivity index (χ0n) is 9.22. The fourth-order valence-corrected chi connectivity index (χ4v) is 1.58. The largest absolute Gasteiger partial charge is 0.382 e. The smallest absolute Gasteiger partial charge is 0.274 e. The van der Waals surface area contributed by atoms with E-state index >= 15 is 0 Å². The van der Waals surface area contributed by atoms with Crippen LogP contribution in [0, 0.1) is 0 Å². The molecule has 2 heterocycles. The molecule has 2 amide bonds. The summed E-state index contributed by atoms with van der Waals surface area (Å²) < 4.78 is 0. The molecule has 1 aliphatic heterocycles. The van der Waals surface area contributed by atoms with Crippen molar-refractivity contribution in [2.24, 2.45) is 0 Å². The Morgan fingerprint density at radius 1 is 1.35 bits per heavy atom. The number of nitrogens with two attached hydrogens (primary N) is 1. The van der Waals surface area contributed by atoms with Crippen LogP contribution in [0.2, 0.25) is 0 Å². The first-order valence-electron chi connectivity index (χ1n) is 5.30. The summed E-state index contributed by atoms with van der Waals surface area (Å²) in [4.78, 5) is 32.5. The standard InChI is InChI=1S/C10H13N5O2/c11-8-6-13-7(5-14-8)10(17)15-3-1-9(16)12-2-4-15/h5-6H,1-4H2,(H2,11,14)(H,12,16). The van der Waals surface area contributed by atoms with Crippen LogP contribution in [-0.2, 0) is 4.79 Å². The molecule has 1 aromatic heterocycles. The molecule has 1 fully saturated rings. The summed E-state index contributed by atoms with van der Waals surface area (Å²) in [5.74, 6) is 0.00644. The van der Waals surface area contributed by atoms with E-state index in [0.717, 1.165) is 0 Å². The van der Waals surface area contributed by atoms with Gasteiger partial charge in [-0.1, -0.05) is 0 Å². The quantitative estimate of drug-likeness (QED) is 0.651. The van der Waals surface area contributed by atoms with E-state index in [2.05, 4.69) is 15.3 Å². The Labute approximate surface area is 98.0 Å². The van der Waals surface area contributed by atoms with Crippen molar-refractivity contribution in [3.05, 3.63) is 18.1 Å². The van der Waals surface area contributed by atoms with Crippen LogP contribution in [0.25, 0.3) is 0 Å². The maximum Gasteiger partial charge on any atom is 0.274 e. The Morgan fingerprint density at radius 3 is 2.88 bits per heavy atom. The minimum Gasteiger partial charge on any atom is -0.382 e. The SMILES string of the molecule is Nc1cnc(C(=O)N2CCNC(=O)CC2)cn1. The van der Waals surface area contributed by atoms with Crippen LogP contribution in [0.15, 0.2) is 12.4 Å². The number of hydrogen-bond acceptors (Lipinski definition) is 5.